The number of amides is 2. The van der Waals surface area contributed by atoms with E-state index in [1.54, 1.807) is 0 Å². The maximum absolute atomic E-state index is 11.7. The van der Waals surface area contributed by atoms with E-state index in [0.29, 0.717) is 19.5 Å². The normalized spacial score (nSPS) is 10.9. The molecule has 20 heavy (non-hydrogen) atoms. The zero-order valence-electron chi connectivity index (χ0n) is 12.1. The number of nitrogens with one attached hydrogen (secondary N) is 2. The van der Waals surface area contributed by atoms with Gasteiger partial charge >= 0.3 is 0 Å². The molecule has 110 valence electrons. The third-order valence-corrected chi connectivity index (χ3v) is 2.87. The molecule has 2 amide bonds. The van der Waals surface area contributed by atoms with Crippen LogP contribution in [0.5, 0.6) is 0 Å². The Labute approximate surface area is 119 Å². The number of hydrogen-bond donors (Lipinski definition) is 3. The first kappa shape index (κ1) is 16.2. The summed E-state index contributed by atoms with van der Waals surface area (Å²) in [6, 6.07) is 9.49. The van der Waals surface area contributed by atoms with E-state index in [2.05, 4.69) is 10.6 Å². The molecule has 5 nitrogen and oxygen atoms in total. The summed E-state index contributed by atoms with van der Waals surface area (Å²) in [5, 5.41) is 5.55. The Morgan fingerprint density at radius 3 is 2.40 bits per heavy atom. The van der Waals surface area contributed by atoms with E-state index in [9.17, 15) is 9.59 Å². The molecule has 0 aliphatic carbocycles. The van der Waals surface area contributed by atoms with Crippen molar-refractivity contribution in [3.63, 3.8) is 0 Å². The van der Waals surface area contributed by atoms with Crippen molar-refractivity contribution < 1.29 is 9.59 Å². The summed E-state index contributed by atoms with van der Waals surface area (Å²) < 4.78 is 0. The van der Waals surface area contributed by atoms with Gasteiger partial charge in [0.1, 0.15) is 0 Å². The van der Waals surface area contributed by atoms with E-state index in [4.69, 9.17) is 5.73 Å². The maximum Gasteiger partial charge on any atom is 0.224 e. The van der Waals surface area contributed by atoms with Gasteiger partial charge in [0, 0.05) is 25.0 Å². The third-order valence-electron chi connectivity index (χ3n) is 2.87. The SMILES string of the molecule is CC(C)(CN)NC(=O)CCNC(=O)Cc1ccccc1. The molecule has 0 aromatic heterocycles. The third kappa shape index (κ3) is 6.33. The molecule has 4 N–H and O–H groups in total. The molecule has 1 aromatic carbocycles. The zero-order chi connectivity index (χ0) is 15.0. The van der Waals surface area contributed by atoms with Crippen LogP contribution in [-0.4, -0.2) is 30.4 Å². The van der Waals surface area contributed by atoms with Crippen LogP contribution in [0, 0.1) is 0 Å². The molecule has 0 atom stereocenters. The fraction of sp³-hybridized carbons (Fsp3) is 0.467. The Kier molecular flexibility index (Phi) is 6.18. The topological polar surface area (TPSA) is 84.2 Å². The number of nitrogens with two attached hydrogens (primary N) is 1. The molecule has 0 aliphatic heterocycles. The predicted octanol–water partition coefficient (Wildman–Crippen LogP) is 0.589. The van der Waals surface area contributed by atoms with Crippen LogP contribution in [0.15, 0.2) is 30.3 Å². The lowest BCUT2D eigenvalue weighted by Gasteiger charge is -2.24. The van der Waals surface area contributed by atoms with Gasteiger partial charge in [-0.25, -0.2) is 0 Å². The van der Waals surface area contributed by atoms with Crippen molar-refractivity contribution in [2.45, 2.75) is 32.2 Å². The average molecular weight is 277 g/mol. The van der Waals surface area contributed by atoms with E-state index in [1.807, 2.05) is 44.2 Å². The molecule has 1 rings (SSSR count). The average Bonchev–Trinajstić information content (AvgIpc) is 2.39. The van der Waals surface area contributed by atoms with Gasteiger partial charge in [0.15, 0.2) is 0 Å². The Morgan fingerprint density at radius 1 is 1.15 bits per heavy atom. The standard InChI is InChI=1S/C15H23N3O2/c1-15(2,11-16)18-13(19)8-9-17-14(20)10-12-6-4-3-5-7-12/h3-7H,8-11,16H2,1-2H3,(H,17,20)(H,18,19). The smallest absolute Gasteiger partial charge is 0.224 e. The summed E-state index contributed by atoms with van der Waals surface area (Å²) in [7, 11) is 0. The van der Waals surface area contributed by atoms with Crippen molar-refractivity contribution in [1.29, 1.82) is 0 Å². The molecular formula is C15H23N3O2. The van der Waals surface area contributed by atoms with Gasteiger partial charge in [0.25, 0.3) is 0 Å². The van der Waals surface area contributed by atoms with Crippen LogP contribution < -0.4 is 16.4 Å². The fourth-order valence-electron chi connectivity index (χ4n) is 1.65. The monoisotopic (exact) mass is 277 g/mol. The maximum atomic E-state index is 11.7. The second-order valence-corrected chi connectivity index (χ2v) is 5.40. The second kappa shape index (κ2) is 7.65. The summed E-state index contributed by atoms with van der Waals surface area (Å²) in [4.78, 5) is 23.3. The first-order chi connectivity index (χ1) is 9.43. The van der Waals surface area contributed by atoms with Crippen molar-refractivity contribution in [1.82, 2.24) is 10.6 Å². The van der Waals surface area contributed by atoms with Crippen molar-refractivity contribution in [2.24, 2.45) is 5.73 Å². The molecule has 0 saturated carbocycles. The summed E-state index contributed by atoms with van der Waals surface area (Å²) in [5.74, 6) is -0.192. The van der Waals surface area contributed by atoms with Gasteiger partial charge < -0.3 is 16.4 Å². The van der Waals surface area contributed by atoms with Gasteiger partial charge in [-0.3, -0.25) is 9.59 Å². The molecule has 0 saturated heterocycles. The first-order valence-electron chi connectivity index (χ1n) is 6.74. The van der Waals surface area contributed by atoms with Crippen molar-refractivity contribution in [3.05, 3.63) is 35.9 Å². The summed E-state index contributed by atoms with van der Waals surface area (Å²) >= 11 is 0. The van der Waals surface area contributed by atoms with Crippen LogP contribution in [0.1, 0.15) is 25.8 Å². The highest BCUT2D eigenvalue weighted by atomic mass is 16.2. The number of carbonyl (C=O) groups excluding carboxylic acids is 2. The summed E-state index contributed by atoms with van der Waals surface area (Å²) in [5.41, 5.74) is 6.08. The van der Waals surface area contributed by atoms with Crippen LogP contribution in [0.25, 0.3) is 0 Å². The lowest BCUT2D eigenvalue weighted by Crippen LogP contribution is -2.49. The molecule has 0 bridgehead atoms. The van der Waals surface area contributed by atoms with Gasteiger partial charge in [-0.05, 0) is 19.4 Å². The Hall–Kier alpha value is -1.88. The summed E-state index contributed by atoms with van der Waals surface area (Å²) in [6.07, 6.45) is 0.584. The molecule has 1 aromatic rings. The zero-order valence-corrected chi connectivity index (χ0v) is 12.1. The van der Waals surface area contributed by atoms with Crippen LogP contribution in [0.2, 0.25) is 0 Å². The highest BCUT2D eigenvalue weighted by Crippen LogP contribution is 2.00. The van der Waals surface area contributed by atoms with E-state index in [-0.39, 0.29) is 18.2 Å². The summed E-state index contributed by atoms with van der Waals surface area (Å²) in [6.45, 7) is 4.43. The Balaban J connectivity index is 2.24. The largest absolute Gasteiger partial charge is 0.355 e. The highest BCUT2D eigenvalue weighted by molar-refractivity contribution is 5.80. The molecule has 0 fully saturated rings. The lowest BCUT2D eigenvalue weighted by atomic mass is 10.1. The number of benzene rings is 1. The highest BCUT2D eigenvalue weighted by Gasteiger charge is 2.17. The van der Waals surface area contributed by atoms with E-state index in [1.165, 1.54) is 0 Å². The number of rotatable bonds is 7. The minimum Gasteiger partial charge on any atom is -0.355 e. The van der Waals surface area contributed by atoms with Crippen molar-refractivity contribution in [2.75, 3.05) is 13.1 Å². The van der Waals surface area contributed by atoms with Crippen LogP contribution in [0.4, 0.5) is 0 Å². The Bertz CT molecular complexity index is 444. The van der Waals surface area contributed by atoms with Crippen molar-refractivity contribution >= 4 is 11.8 Å². The second-order valence-electron chi connectivity index (χ2n) is 5.40. The molecule has 0 radical (unpaired) electrons. The van der Waals surface area contributed by atoms with Gasteiger partial charge in [-0.2, -0.15) is 0 Å². The number of hydrogen-bond acceptors (Lipinski definition) is 3. The van der Waals surface area contributed by atoms with Gasteiger partial charge in [-0.15, -0.1) is 0 Å². The molecule has 0 heterocycles. The predicted molar refractivity (Wildman–Crippen MR) is 79.0 cm³/mol. The van der Waals surface area contributed by atoms with Gasteiger partial charge in [0.2, 0.25) is 11.8 Å². The molecule has 0 unspecified atom stereocenters. The van der Waals surface area contributed by atoms with Gasteiger partial charge in [0.05, 0.1) is 6.42 Å². The van der Waals surface area contributed by atoms with Crippen LogP contribution >= 0.6 is 0 Å². The van der Waals surface area contributed by atoms with Crippen molar-refractivity contribution in [3.8, 4) is 0 Å². The van der Waals surface area contributed by atoms with E-state index in [0.717, 1.165) is 5.56 Å². The molecule has 0 aliphatic rings. The lowest BCUT2D eigenvalue weighted by molar-refractivity contribution is -0.123. The molecule has 5 heteroatoms. The van der Waals surface area contributed by atoms with E-state index >= 15 is 0 Å². The van der Waals surface area contributed by atoms with Crippen LogP contribution in [0.3, 0.4) is 0 Å². The minimum absolute atomic E-state index is 0.0814. The van der Waals surface area contributed by atoms with Crippen LogP contribution in [-0.2, 0) is 16.0 Å². The van der Waals surface area contributed by atoms with E-state index < -0.39 is 5.54 Å². The first-order valence-corrected chi connectivity index (χ1v) is 6.74. The molecule has 0 spiro atoms. The Morgan fingerprint density at radius 2 is 1.80 bits per heavy atom. The fourth-order valence-corrected chi connectivity index (χ4v) is 1.65. The quantitative estimate of drug-likeness (QED) is 0.682. The minimum atomic E-state index is -0.412. The van der Waals surface area contributed by atoms with Gasteiger partial charge in [-0.1, -0.05) is 30.3 Å². The molecular weight excluding hydrogens is 254 g/mol. The number of carbonyl (C=O) groups is 2.